The minimum absolute atomic E-state index is 0.0123. The van der Waals surface area contributed by atoms with Gasteiger partial charge in [0.25, 0.3) is 0 Å². The molecule has 376 valence electrons. The number of rotatable bonds is 12. The predicted octanol–water partition coefficient (Wildman–Crippen LogP) is 16.7. The molecule has 3 heterocycles. The van der Waals surface area contributed by atoms with E-state index in [1.807, 2.05) is 23.5 Å². The van der Waals surface area contributed by atoms with E-state index in [1.54, 1.807) is 0 Å². The van der Waals surface area contributed by atoms with Crippen molar-refractivity contribution in [3.05, 3.63) is 264 Å². The van der Waals surface area contributed by atoms with Gasteiger partial charge in [-0.1, -0.05) is 227 Å². The number of hydrogen-bond acceptors (Lipinski definition) is 5. The van der Waals surface area contributed by atoms with E-state index in [4.69, 9.17) is 6.58 Å². The molecule has 0 radical (unpaired) electrons. The molecule has 0 aliphatic carbocycles. The summed E-state index contributed by atoms with van der Waals surface area (Å²) in [5.74, 6) is 1.00. The summed E-state index contributed by atoms with van der Waals surface area (Å²) in [5.41, 5.74) is 22.6. The van der Waals surface area contributed by atoms with Crippen molar-refractivity contribution < 1.29 is 0 Å². The molecule has 77 heavy (non-hydrogen) atoms. The smallest absolute Gasteiger partial charge is 0.249 e. The lowest BCUT2D eigenvalue weighted by Gasteiger charge is -2.42. The maximum Gasteiger partial charge on any atom is 0.249 e. The lowest BCUT2D eigenvalue weighted by atomic mass is 9.31. The van der Waals surface area contributed by atoms with Crippen LogP contribution in [0.15, 0.2) is 262 Å². The van der Waals surface area contributed by atoms with Gasteiger partial charge in [0.2, 0.25) is 13.4 Å². The number of allylic oxidation sites excluding steroid dienone is 4. The third-order valence-corrected chi connectivity index (χ3v) is 17.8. The zero-order chi connectivity index (χ0) is 52.9. The van der Waals surface area contributed by atoms with Crippen LogP contribution in [0.4, 0.5) is 45.5 Å². The van der Waals surface area contributed by atoms with Crippen molar-refractivity contribution in [1.82, 2.24) is 0 Å². The quantitative estimate of drug-likeness (QED) is 0.113. The Hall–Kier alpha value is -7.57. The van der Waals surface area contributed by atoms with Crippen LogP contribution in [0.1, 0.15) is 82.9 Å². The van der Waals surface area contributed by atoms with Crippen molar-refractivity contribution in [3.63, 3.8) is 0 Å². The van der Waals surface area contributed by atoms with E-state index in [2.05, 4.69) is 288 Å². The van der Waals surface area contributed by atoms with Crippen molar-refractivity contribution in [3.8, 4) is 0 Å². The normalized spacial score (nSPS) is 14.2. The van der Waals surface area contributed by atoms with Gasteiger partial charge in [-0.15, -0.1) is 0 Å². The van der Waals surface area contributed by atoms with Crippen LogP contribution < -0.4 is 42.0 Å². The van der Waals surface area contributed by atoms with E-state index in [0.717, 1.165) is 44.7 Å². The first-order valence-corrected chi connectivity index (χ1v) is 28.9. The van der Waals surface area contributed by atoms with Crippen molar-refractivity contribution in [2.24, 2.45) is 0 Å². The Morgan fingerprint density at radius 2 is 0.974 bits per heavy atom. The molecule has 0 N–H and O–H groups in total. The number of para-hydroxylation sites is 6. The second kappa shape index (κ2) is 21.1. The van der Waals surface area contributed by atoms with Gasteiger partial charge in [0.05, 0.1) is 0 Å². The zero-order valence-corrected chi connectivity index (χ0v) is 46.7. The lowest BCUT2D eigenvalue weighted by molar-refractivity contribution is 0.812. The number of fused-ring (bicyclic) bond motifs is 5. The monoisotopic (exact) mass is 1030 g/mol. The van der Waals surface area contributed by atoms with E-state index in [-0.39, 0.29) is 13.4 Å². The molecule has 0 atom stereocenters. The van der Waals surface area contributed by atoms with Crippen molar-refractivity contribution in [1.29, 1.82) is 0 Å². The van der Waals surface area contributed by atoms with Gasteiger partial charge in [0.15, 0.2) is 0 Å². The molecule has 0 fully saturated rings. The van der Waals surface area contributed by atoms with Gasteiger partial charge in [-0.3, -0.25) is 0 Å². The van der Waals surface area contributed by atoms with Crippen LogP contribution in [0, 0.1) is 0 Å². The van der Waals surface area contributed by atoms with E-state index in [9.17, 15) is 0 Å². The van der Waals surface area contributed by atoms with Gasteiger partial charge in [-0.2, -0.15) is 0 Å². The third kappa shape index (κ3) is 9.28. The van der Waals surface area contributed by atoms with Gasteiger partial charge in [-0.25, -0.2) is 0 Å². The predicted molar refractivity (Wildman–Crippen MR) is 337 cm³/mol. The highest BCUT2D eigenvalue weighted by atomic mass is 32.2. The molecule has 0 bridgehead atoms. The number of hydrogen-bond donors (Lipinski definition) is 0. The summed E-state index contributed by atoms with van der Waals surface area (Å²) < 4.78 is 0. The van der Waals surface area contributed by atoms with E-state index in [1.165, 1.54) is 75.5 Å². The minimum atomic E-state index is -0.0655. The summed E-state index contributed by atoms with van der Waals surface area (Å²) in [6.07, 6.45) is 4.74. The van der Waals surface area contributed by atoms with E-state index in [0.29, 0.717) is 17.8 Å². The van der Waals surface area contributed by atoms with E-state index < -0.39 is 0 Å². The van der Waals surface area contributed by atoms with Crippen LogP contribution >= 0.6 is 23.5 Å². The Morgan fingerprint density at radius 1 is 0.468 bits per heavy atom. The summed E-state index contributed by atoms with van der Waals surface area (Å²) in [6.45, 7) is 21.4. The molecule has 3 aliphatic heterocycles. The first-order chi connectivity index (χ1) is 37.5. The molecular weight excluding hydrogens is 969 g/mol. The molecule has 0 saturated carbocycles. The fourth-order valence-corrected chi connectivity index (χ4v) is 14.3. The molecule has 3 aliphatic rings. The number of thioether (sulfide) groups is 1. The average Bonchev–Trinajstić information content (AvgIpc) is 3.65. The molecule has 0 unspecified atom stereocenters. The standard InChI is InChI=1S/C70H63B2N3S2/c1-46(2)51-40-58(47(3)4)69(59(41-51)48(5)6)71-60(39-38-49(7)73(52-26-14-9-15-27-52)53-28-16-10-17-29-53)50(8)76-66-45-67-63(44-62(66)71)72-61-36-24-25-37-64(61)75(56-34-22-13-23-35-56)65-42-57(43-68(77-67)70(65)72)74(54-30-18-11-19-31-54)55-32-20-12-21-33-55/h9-48H,8H2,1-7H3/b49-38+,60-39+. The molecule has 9 aromatic carbocycles. The maximum atomic E-state index is 4.99. The fraction of sp³-hybridized carbons (Fsp3) is 0.143. The molecule has 0 amide bonds. The molecule has 0 spiro atoms. The van der Waals surface area contributed by atoms with Crippen LogP contribution in [0.2, 0.25) is 0 Å². The Kier molecular flexibility index (Phi) is 13.8. The first-order valence-electron chi connectivity index (χ1n) is 27.3. The summed E-state index contributed by atoms with van der Waals surface area (Å²) in [7, 11) is 0. The molecule has 12 rings (SSSR count). The molecular formula is C70H63B2N3S2. The van der Waals surface area contributed by atoms with Gasteiger partial charge < -0.3 is 14.7 Å². The van der Waals surface area contributed by atoms with Crippen molar-refractivity contribution >= 4 is 110 Å². The SMILES string of the molecule is C=C1Sc2cc3c(cc2B(c2c(C(C)C)cc(C(C)C)cc2C(C)C)/C1=C/C=C(\C)N(c1ccccc1)c1ccccc1)B1c2ccccc2N(c2ccccc2)c2cc(N(c4ccccc4)c4ccccc4)cc(c21)S3. The van der Waals surface area contributed by atoms with Crippen molar-refractivity contribution in [2.45, 2.75) is 80.9 Å². The molecule has 3 nitrogen and oxygen atoms in total. The van der Waals surface area contributed by atoms with Gasteiger partial charge in [-0.05, 0) is 143 Å². The summed E-state index contributed by atoms with van der Waals surface area (Å²) in [4.78, 5) is 12.2. The van der Waals surface area contributed by atoms with Gasteiger partial charge in [0, 0.05) is 70.8 Å². The van der Waals surface area contributed by atoms with Gasteiger partial charge in [0.1, 0.15) is 0 Å². The second-order valence-electron chi connectivity index (χ2n) is 21.5. The first kappa shape index (κ1) is 50.3. The zero-order valence-electron chi connectivity index (χ0n) is 45.1. The highest BCUT2D eigenvalue weighted by Crippen LogP contribution is 2.48. The summed E-state index contributed by atoms with van der Waals surface area (Å²) >= 11 is 3.76. The third-order valence-electron chi connectivity index (χ3n) is 15.6. The maximum absolute atomic E-state index is 4.99. The number of nitrogens with zero attached hydrogens (tertiary/aromatic N) is 3. The number of benzene rings is 9. The van der Waals surface area contributed by atoms with Crippen LogP contribution in [0.25, 0.3) is 0 Å². The highest BCUT2D eigenvalue weighted by molar-refractivity contribution is 8.04. The lowest BCUT2D eigenvalue weighted by Crippen LogP contribution is -2.61. The highest BCUT2D eigenvalue weighted by Gasteiger charge is 2.44. The molecule has 7 heteroatoms. The van der Waals surface area contributed by atoms with Crippen LogP contribution in [0.5, 0.6) is 0 Å². The van der Waals surface area contributed by atoms with E-state index >= 15 is 0 Å². The second-order valence-corrected chi connectivity index (χ2v) is 23.8. The molecule has 0 aromatic heterocycles. The van der Waals surface area contributed by atoms with Crippen LogP contribution in [-0.4, -0.2) is 13.4 Å². The van der Waals surface area contributed by atoms with Crippen LogP contribution in [0.3, 0.4) is 0 Å². The number of anilines is 8. The Bertz CT molecular complexity index is 3620. The Morgan fingerprint density at radius 3 is 1.53 bits per heavy atom. The minimum Gasteiger partial charge on any atom is -0.315 e. The van der Waals surface area contributed by atoms with Gasteiger partial charge >= 0.3 is 0 Å². The largest absolute Gasteiger partial charge is 0.315 e. The molecule has 9 aromatic rings. The summed E-state index contributed by atoms with van der Waals surface area (Å²) in [6, 6.07) is 78.3. The Labute approximate surface area is 466 Å². The average molecular weight is 1030 g/mol. The Balaban J connectivity index is 1.11. The fourth-order valence-electron chi connectivity index (χ4n) is 12.0. The van der Waals surface area contributed by atoms with Crippen LogP contribution in [-0.2, 0) is 0 Å². The topological polar surface area (TPSA) is 9.72 Å². The molecule has 0 saturated heterocycles. The summed E-state index contributed by atoms with van der Waals surface area (Å²) in [5, 5.41) is 0. The van der Waals surface area contributed by atoms with Crippen molar-refractivity contribution in [2.75, 3.05) is 14.7 Å².